The summed E-state index contributed by atoms with van der Waals surface area (Å²) in [5.74, 6) is 0.280. The van der Waals surface area contributed by atoms with Gasteiger partial charge >= 0.3 is 5.97 Å². The molecule has 0 N–H and O–H groups in total. The summed E-state index contributed by atoms with van der Waals surface area (Å²) in [6.07, 6.45) is 3.78. The number of carbonyl (C=O) groups excluding carboxylic acids is 1. The van der Waals surface area contributed by atoms with E-state index in [1.165, 1.54) is 22.1 Å². The minimum atomic E-state index is -0.315. The van der Waals surface area contributed by atoms with Gasteiger partial charge in [-0.1, -0.05) is 42.0 Å². The van der Waals surface area contributed by atoms with Crippen LogP contribution in [0.4, 0.5) is 0 Å². The molecular formula is C30H27NO2. The number of carbonyl (C=O) groups is 1. The van der Waals surface area contributed by atoms with Crippen LogP contribution in [0.5, 0.6) is 0 Å². The fraction of sp³-hybridized carbons (Fsp3) is 0.167. The summed E-state index contributed by atoms with van der Waals surface area (Å²) in [5, 5.41) is 2.31. The van der Waals surface area contributed by atoms with Crippen LogP contribution in [0.1, 0.15) is 39.2 Å². The second-order valence-electron chi connectivity index (χ2n) is 9.07. The van der Waals surface area contributed by atoms with Gasteiger partial charge in [0.15, 0.2) is 0 Å². The molecule has 4 aromatic rings. The first-order valence-corrected chi connectivity index (χ1v) is 11.2. The highest BCUT2D eigenvalue weighted by Gasteiger charge is 2.23. The van der Waals surface area contributed by atoms with Crippen molar-refractivity contribution in [3.05, 3.63) is 112 Å². The van der Waals surface area contributed by atoms with E-state index in [-0.39, 0.29) is 5.97 Å². The van der Waals surface area contributed by atoms with Crippen molar-refractivity contribution in [2.75, 3.05) is 0 Å². The minimum Gasteiger partial charge on any atom is -0.422 e. The van der Waals surface area contributed by atoms with E-state index in [1.807, 2.05) is 18.2 Å². The van der Waals surface area contributed by atoms with Gasteiger partial charge in [-0.25, -0.2) is 4.79 Å². The maximum atomic E-state index is 12.7. The van der Waals surface area contributed by atoms with Crippen molar-refractivity contribution in [1.82, 2.24) is 4.57 Å². The molecule has 3 nitrogen and oxygen atoms in total. The van der Waals surface area contributed by atoms with Crippen LogP contribution in [0.15, 0.2) is 72.3 Å². The van der Waals surface area contributed by atoms with Crippen molar-refractivity contribution in [3.8, 4) is 5.69 Å². The fourth-order valence-corrected chi connectivity index (χ4v) is 4.73. The number of rotatable bonds is 3. The Morgan fingerprint density at radius 3 is 2.21 bits per heavy atom. The summed E-state index contributed by atoms with van der Waals surface area (Å²) in [4.78, 5) is 12.7. The van der Waals surface area contributed by atoms with Crippen molar-refractivity contribution in [2.45, 2.75) is 34.6 Å². The van der Waals surface area contributed by atoms with E-state index >= 15 is 0 Å². The highest BCUT2D eigenvalue weighted by atomic mass is 16.5. The van der Waals surface area contributed by atoms with Crippen LogP contribution >= 0.6 is 0 Å². The van der Waals surface area contributed by atoms with Crippen molar-refractivity contribution in [1.29, 1.82) is 0 Å². The molecule has 1 aliphatic heterocycles. The highest BCUT2D eigenvalue weighted by molar-refractivity contribution is 6.05. The average molecular weight is 434 g/mol. The number of nitrogens with zero attached hydrogens (tertiary/aromatic N) is 1. The van der Waals surface area contributed by atoms with E-state index in [0.717, 1.165) is 33.6 Å². The number of esters is 1. The van der Waals surface area contributed by atoms with E-state index in [9.17, 15) is 4.79 Å². The van der Waals surface area contributed by atoms with Gasteiger partial charge in [0.2, 0.25) is 0 Å². The monoisotopic (exact) mass is 433 g/mol. The molecule has 0 unspecified atom stereocenters. The van der Waals surface area contributed by atoms with E-state index in [1.54, 1.807) is 0 Å². The molecule has 1 aromatic heterocycles. The van der Waals surface area contributed by atoms with Gasteiger partial charge in [0, 0.05) is 22.6 Å². The van der Waals surface area contributed by atoms with Gasteiger partial charge in [0.05, 0.1) is 5.57 Å². The van der Waals surface area contributed by atoms with Crippen molar-refractivity contribution in [3.63, 3.8) is 0 Å². The molecular weight excluding hydrogens is 406 g/mol. The molecule has 3 heteroatoms. The van der Waals surface area contributed by atoms with Crippen LogP contribution in [0, 0.1) is 34.6 Å². The number of ether oxygens (including phenoxy) is 1. The molecule has 33 heavy (non-hydrogen) atoms. The lowest BCUT2D eigenvalue weighted by Crippen LogP contribution is -2.00. The second kappa shape index (κ2) is 7.93. The Morgan fingerprint density at radius 1 is 0.758 bits per heavy atom. The minimum absolute atomic E-state index is 0.315. The number of hydrogen-bond donors (Lipinski definition) is 0. The third kappa shape index (κ3) is 3.91. The molecule has 0 bridgehead atoms. The molecule has 1 aliphatic rings. The summed E-state index contributed by atoms with van der Waals surface area (Å²) >= 11 is 0. The molecule has 5 rings (SSSR count). The Kier molecular flexibility index (Phi) is 5.05. The van der Waals surface area contributed by atoms with Gasteiger partial charge in [-0.3, -0.25) is 0 Å². The maximum Gasteiger partial charge on any atom is 0.343 e. The number of cyclic esters (lactones) is 1. The predicted octanol–water partition coefficient (Wildman–Crippen LogP) is 7.15. The molecule has 0 spiro atoms. The summed E-state index contributed by atoms with van der Waals surface area (Å²) in [7, 11) is 0. The standard InChI is InChI=1S/C30H27NO2/c1-18-6-7-24-15-25(9-8-23(24)11-18)29-17-27(30(32)33-29)16-26-14-21(4)31(22(26)5)28-12-19(2)10-20(3)13-28/h6-17H,1-5H3/b27-16-. The summed E-state index contributed by atoms with van der Waals surface area (Å²) in [5.41, 5.74) is 9.55. The SMILES string of the molecule is Cc1cc(C)cc(-n2c(C)cc(/C=C3/C=C(c4ccc5cc(C)ccc5c4)OC3=O)c2C)c1. The van der Waals surface area contributed by atoms with Crippen LogP contribution in [0.25, 0.3) is 28.3 Å². The Hall–Kier alpha value is -3.85. The summed E-state index contributed by atoms with van der Waals surface area (Å²) in [6.45, 7) is 10.5. The third-order valence-electron chi connectivity index (χ3n) is 6.25. The topological polar surface area (TPSA) is 31.2 Å². The highest BCUT2D eigenvalue weighted by Crippen LogP contribution is 2.31. The molecule has 0 saturated heterocycles. The molecule has 2 heterocycles. The van der Waals surface area contributed by atoms with Gasteiger partial charge in [-0.15, -0.1) is 0 Å². The lowest BCUT2D eigenvalue weighted by atomic mass is 10.0. The normalized spacial score (nSPS) is 14.8. The van der Waals surface area contributed by atoms with Crippen molar-refractivity contribution >= 4 is 28.6 Å². The van der Waals surface area contributed by atoms with Crippen molar-refractivity contribution < 1.29 is 9.53 Å². The zero-order valence-corrected chi connectivity index (χ0v) is 19.7. The van der Waals surface area contributed by atoms with E-state index in [4.69, 9.17) is 4.74 Å². The molecule has 0 radical (unpaired) electrons. The average Bonchev–Trinajstić information content (AvgIpc) is 3.25. The first kappa shape index (κ1) is 21.0. The number of benzene rings is 3. The molecule has 0 atom stereocenters. The lowest BCUT2D eigenvalue weighted by molar-refractivity contribution is -0.130. The van der Waals surface area contributed by atoms with Gasteiger partial charge in [0.1, 0.15) is 5.76 Å². The quantitative estimate of drug-likeness (QED) is 0.254. The first-order valence-electron chi connectivity index (χ1n) is 11.2. The van der Waals surface area contributed by atoms with Crippen molar-refractivity contribution in [2.24, 2.45) is 0 Å². The molecule has 0 amide bonds. The van der Waals surface area contributed by atoms with Gasteiger partial charge in [0.25, 0.3) is 0 Å². The maximum absolute atomic E-state index is 12.7. The van der Waals surface area contributed by atoms with Crippen LogP contribution in [0.3, 0.4) is 0 Å². The number of fused-ring (bicyclic) bond motifs is 1. The zero-order chi connectivity index (χ0) is 23.3. The third-order valence-corrected chi connectivity index (χ3v) is 6.25. The Morgan fingerprint density at radius 2 is 1.45 bits per heavy atom. The largest absolute Gasteiger partial charge is 0.422 e. The predicted molar refractivity (Wildman–Crippen MR) is 135 cm³/mol. The van der Waals surface area contributed by atoms with Crippen LogP contribution in [0.2, 0.25) is 0 Å². The number of aryl methyl sites for hydroxylation is 4. The van der Waals surface area contributed by atoms with E-state index < -0.39 is 0 Å². The first-order chi connectivity index (χ1) is 15.8. The second-order valence-corrected chi connectivity index (χ2v) is 9.07. The van der Waals surface area contributed by atoms with Gasteiger partial charge in [-0.2, -0.15) is 0 Å². The van der Waals surface area contributed by atoms with Gasteiger partial charge in [-0.05, 0) is 98.5 Å². The molecule has 0 saturated carbocycles. The molecule has 164 valence electrons. The van der Waals surface area contributed by atoms with Crippen LogP contribution in [-0.4, -0.2) is 10.5 Å². The molecule has 0 aliphatic carbocycles. The van der Waals surface area contributed by atoms with E-state index in [2.05, 4.69) is 93.8 Å². The Labute approximate surface area is 194 Å². The smallest absolute Gasteiger partial charge is 0.343 e. The number of aromatic nitrogens is 1. The molecule has 0 fully saturated rings. The number of hydrogen-bond acceptors (Lipinski definition) is 2. The summed E-state index contributed by atoms with van der Waals surface area (Å²) in [6, 6.07) is 21.2. The van der Waals surface area contributed by atoms with Crippen LogP contribution in [-0.2, 0) is 9.53 Å². The molecule has 3 aromatic carbocycles. The Bertz CT molecular complexity index is 1480. The van der Waals surface area contributed by atoms with Gasteiger partial charge < -0.3 is 9.30 Å². The lowest BCUT2D eigenvalue weighted by Gasteiger charge is -2.12. The van der Waals surface area contributed by atoms with E-state index in [0.29, 0.717) is 11.3 Å². The fourth-order valence-electron chi connectivity index (χ4n) is 4.73. The zero-order valence-electron chi connectivity index (χ0n) is 19.7. The Balaban J connectivity index is 1.52. The summed E-state index contributed by atoms with van der Waals surface area (Å²) < 4.78 is 7.88. The van der Waals surface area contributed by atoms with Crippen LogP contribution < -0.4 is 0 Å².